The fourth-order valence-electron chi connectivity index (χ4n) is 3.03. The fourth-order valence-corrected chi connectivity index (χ4v) is 4.41. The van der Waals surface area contributed by atoms with Crippen molar-refractivity contribution < 1.29 is 8.42 Å². The van der Waals surface area contributed by atoms with Crippen LogP contribution >= 0.6 is 0 Å². The Balaban J connectivity index is 2.08. The Kier molecular flexibility index (Phi) is 5.44. The molecule has 1 aliphatic rings. The lowest BCUT2D eigenvalue weighted by Gasteiger charge is -2.29. The van der Waals surface area contributed by atoms with E-state index in [2.05, 4.69) is 25.5 Å². The van der Waals surface area contributed by atoms with E-state index in [1.54, 1.807) is 12.1 Å². The van der Waals surface area contributed by atoms with E-state index in [0.717, 1.165) is 25.7 Å². The molecule has 1 N–H and O–H groups in total. The lowest BCUT2D eigenvalue weighted by molar-refractivity contribution is 0.310. The van der Waals surface area contributed by atoms with Gasteiger partial charge >= 0.3 is 0 Å². The summed E-state index contributed by atoms with van der Waals surface area (Å²) in [5, 5.41) is 0. The Morgan fingerprint density at radius 3 is 2.33 bits per heavy atom. The van der Waals surface area contributed by atoms with Crippen molar-refractivity contribution in [3.63, 3.8) is 0 Å². The fraction of sp³-hybridized carbons (Fsp3) is 0.647. The van der Waals surface area contributed by atoms with Crippen LogP contribution in [0.5, 0.6) is 0 Å². The second-order valence-corrected chi connectivity index (χ2v) is 8.45. The van der Waals surface area contributed by atoms with Crippen LogP contribution < -0.4 is 4.72 Å². The highest BCUT2D eigenvalue weighted by atomic mass is 32.2. The van der Waals surface area contributed by atoms with Crippen LogP contribution in [0.25, 0.3) is 0 Å². The number of rotatable bonds is 5. The minimum atomic E-state index is -3.39. The first-order chi connectivity index (χ1) is 9.88. The molecule has 0 amide bonds. The summed E-state index contributed by atoms with van der Waals surface area (Å²) in [6, 6.07) is 7.40. The predicted molar refractivity (Wildman–Crippen MR) is 86.7 cm³/mol. The standard InChI is InChI=1S/C17H27NO2S/c1-13(2)12-15-8-10-16(11-9-15)21(19,20)18-17-7-5-4-6-14(17)3/h8-11,13-14,17-18H,4-7,12H2,1-3H3/t14-,17-/m0/s1. The molecule has 0 spiro atoms. The average molecular weight is 309 g/mol. The largest absolute Gasteiger partial charge is 0.240 e. The zero-order valence-electron chi connectivity index (χ0n) is 13.3. The second kappa shape index (κ2) is 6.93. The van der Waals surface area contributed by atoms with Gasteiger partial charge in [0, 0.05) is 6.04 Å². The van der Waals surface area contributed by atoms with E-state index in [9.17, 15) is 8.42 Å². The van der Waals surface area contributed by atoms with Gasteiger partial charge in [-0.1, -0.05) is 45.7 Å². The number of sulfonamides is 1. The molecule has 3 nitrogen and oxygen atoms in total. The molecule has 0 bridgehead atoms. The Hall–Kier alpha value is -0.870. The van der Waals surface area contributed by atoms with Crippen LogP contribution in [-0.4, -0.2) is 14.5 Å². The number of benzene rings is 1. The van der Waals surface area contributed by atoms with Crippen LogP contribution in [0.4, 0.5) is 0 Å². The topological polar surface area (TPSA) is 46.2 Å². The van der Waals surface area contributed by atoms with Crippen molar-refractivity contribution >= 4 is 10.0 Å². The van der Waals surface area contributed by atoms with Crippen molar-refractivity contribution in [2.45, 2.75) is 63.8 Å². The molecule has 0 heterocycles. The lowest BCUT2D eigenvalue weighted by Crippen LogP contribution is -2.40. The van der Waals surface area contributed by atoms with Gasteiger partial charge in [0.2, 0.25) is 10.0 Å². The molecule has 1 fully saturated rings. The van der Waals surface area contributed by atoms with Crippen molar-refractivity contribution in [3.8, 4) is 0 Å². The molecule has 1 aliphatic carbocycles. The van der Waals surface area contributed by atoms with E-state index in [1.807, 2.05) is 12.1 Å². The third-order valence-corrected chi connectivity index (χ3v) is 5.80. The summed E-state index contributed by atoms with van der Waals surface area (Å²) in [6.07, 6.45) is 5.37. The first-order valence-corrected chi connectivity index (χ1v) is 9.48. The molecule has 1 saturated carbocycles. The highest BCUT2D eigenvalue weighted by Gasteiger charge is 2.26. The molecule has 0 aromatic heterocycles. The molecule has 21 heavy (non-hydrogen) atoms. The molecule has 0 saturated heterocycles. The van der Waals surface area contributed by atoms with E-state index < -0.39 is 10.0 Å². The van der Waals surface area contributed by atoms with Crippen molar-refractivity contribution in [2.75, 3.05) is 0 Å². The Morgan fingerprint density at radius 2 is 1.76 bits per heavy atom. The van der Waals surface area contributed by atoms with E-state index in [1.165, 1.54) is 12.0 Å². The third kappa shape index (κ3) is 4.55. The van der Waals surface area contributed by atoms with Crippen LogP contribution in [0.15, 0.2) is 29.2 Å². The summed E-state index contributed by atoms with van der Waals surface area (Å²) in [5.41, 5.74) is 1.19. The Labute approximate surface area is 129 Å². The smallest absolute Gasteiger partial charge is 0.208 e. The molecule has 2 atom stereocenters. The molecule has 118 valence electrons. The van der Waals surface area contributed by atoms with Gasteiger partial charge < -0.3 is 0 Å². The molecule has 0 radical (unpaired) electrons. The lowest BCUT2D eigenvalue weighted by atomic mass is 9.87. The van der Waals surface area contributed by atoms with Crippen molar-refractivity contribution in [1.82, 2.24) is 4.72 Å². The van der Waals surface area contributed by atoms with Crippen molar-refractivity contribution in [3.05, 3.63) is 29.8 Å². The van der Waals surface area contributed by atoms with Gasteiger partial charge in [0.1, 0.15) is 0 Å². The van der Waals surface area contributed by atoms with Gasteiger partial charge in [0.15, 0.2) is 0 Å². The Bertz CT molecular complexity index is 549. The van der Waals surface area contributed by atoms with E-state index in [0.29, 0.717) is 16.7 Å². The van der Waals surface area contributed by atoms with Gasteiger partial charge in [-0.05, 0) is 48.8 Å². The second-order valence-electron chi connectivity index (χ2n) is 6.73. The van der Waals surface area contributed by atoms with Crippen molar-refractivity contribution in [1.29, 1.82) is 0 Å². The molecule has 4 heteroatoms. The predicted octanol–water partition coefficient (Wildman–Crippen LogP) is 3.74. The van der Waals surface area contributed by atoms with Gasteiger partial charge in [-0.2, -0.15) is 0 Å². The molecular weight excluding hydrogens is 282 g/mol. The number of nitrogens with one attached hydrogen (secondary N) is 1. The summed E-state index contributed by atoms with van der Waals surface area (Å²) in [7, 11) is -3.39. The normalized spacial score (nSPS) is 23.4. The summed E-state index contributed by atoms with van der Waals surface area (Å²) in [6.45, 7) is 6.46. The van der Waals surface area contributed by atoms with Crippen LogP contribution in [-0.2, 0) is 16.4 Å². The summed E-state index contributed by atoms with van der Waals surface area (Å²) < 4.78 is 27.8. The van der Waals surface area contributed by atoms with Gasteiger partial charge in [-0.25, -0.2) is 13.1 Å². The van der Waals surface area contributed by atoms with Crippen LogP contribution in [0.3, 0.4) is 0 Å². The number of hydrogen-bond acceptors (Lipinski definition) is 2. The van der Waals surface area contributed by atoms with Crippen LogP contribution in [0.1, 0.15) is 52.0 Å². The molecule has 2 rings (SSSR count). The first-order valence-electron chi connectivity index (χ1n) is 8.00. The zero-order chi connectivity index (χ0) is 15.5. The molecule has 1 aromatic rings. The quantitative estimate of drug-likeness (QED) is 0.900. The molecule has 0 aliphatic heterocycles. The van der Waals surface area contributed by atoms with Gasteiger partial charge in [0.25, 0.3) is 0 Å². The van der Waals surface area contributed by atoms with Crippen molar-refractivity contribution in [2.24, 2.45) is 11.8 Å². The monoisotopic (exact) mass is 309 g/mol. The molecule has 0 unspecified atom stereocenters. The molecule has 1 aromatic carbocycles. The van der Waals surface area contributed by atoms with E-state index in [4.69, 9.17) is 0 Å². The van der Waals surface area contributed by atoms with Crippen LogP contribution in [0.2, 0.25) is 0 Å². The SMILES string of the molecule is CC(C)Cc1ccc(S(=O)(=O)N[C@H]2CCCC[C@@H]2C)cc1. The van der Waals surface area contributed by atoms with Gasteiger partial charge in [-0.15, -0.1) is 0 Å². The van der Waals surface area contributed by atoms with Crippen LogP contribution in [0, 0.1) is 11.8 Å². The average Bonchev–Trinajstić information content (AvgIpc) is 2.41. The zero-order valence-corrected chi connectivity index (χ0v) is 14.1. The minimum Gasteiger partial charge on any atom is -0.208 e. The van der Waals surface area contributed by atoms with E-state index >= 15 is 0 Å². The summed E-state index contributed by atoms with van der Waals surface area (Å²) >= 11 is 0. The first kappa shape index (κ1) is 16.5. The number of hydrogen-bond donors (Lipinski definition) is 1. The van der Waals surface area contributed by atoms with Gasteiger partial charge in [-0.3, -0.25) is 0 Å². The minimum absolute atomic E-state index is 0.0825. The van der Waals surface area contributed by atoms with E-state index in [-0.39, 0.29) is 6.04 Å². The molecular formula is C17H27NO2S. The van der Waals surface area contributed by atoms with Gasteiger partial charge in [0.05, 0.1) is 4.90 Å². The highest BCUT2D eigenvalue weighted by Crippen LogP contribution is 2.25. The maximum absolute atomic E-state index is 12.5. The Morgan fingerprint density at radius 1 is 1.14 bits per heavy atom. The highest BCUT2D eigenvalue weighted by molar-refractivity contribution is 7.89. The maximum atomic E-state index is 12.5. The third-order valence-electron chi connectivity index (χ3n) is 4.30. The maximum Gasteiger partial charge on any atom is 0.240 e. The summed E-state index contributed by atoms with van der Waals surface area (Å²) in [5.74, 6) is 1.00. The summed E-state index contributed by atoms with van der Waals surface area (Å²) in [4.78, 5) is 0.382.